The Morgan fingerprint density at radius 2 is 0.950 bits per heavy atom. The van der Waals surface area contributed by atoms with Crippen molar-refractivity contribution in [3.63, 3.8) is 0 Å². The first-order valence-corrected chi connectivity index (χ1v) is 35.5. The number of nitrogens with zero attached hydrogens (tertiary/aromatic N) is 8. The van der Waals surface area contributed by atoms with E-state index < -0.39 is 144 Å². The average molecular weight is 1390 g/mol. The maximum atomic E-state index is 15.0. The van der Waals surface area contributed by atoms with Crippen LogP contribution in [-0.4, -0.2) is 202 Å². The highest BCUT2D eigenvalue weighted by atomic mass is 16.5. The summed E-state index contributed by atoms with van der Waals surface area (Å²) in [7, 11) is 3.25. The Morgan fingerprint density at radius 3 is 1.33 bits per heavy atom. The molecule has 4 aromatic rings. The molecule has 8 heterocycles. The number of aliphatic hydroxyl groups excluding tert-OH is 1. The zero-order valence-corrected chi connectivity index (χ0v) is 58.6. The van der Waals surface area contributed by atoms with Crippen LogP contribution in [0.25, 0.3) is 0 Å². The maximum Gasteiger partial charge on any atom is 0.326 e. The van der Waals surface area contributed by atoms with Gasteiger partial charge in [0.15, 0.2) is 6.29 Å². The molecule has 4 fully saturated rings. The van der Waals surface area contributed by atoms with Crippen LogP contribution in [0.4, 0.5) is 0 Å². The van der Waals surface area contributed by atoms with Crippen molar-refractivity contribution in [1.29, 1.82) is 0 Å². The van der Waals surface area contributed by atoms with Crippen molar-refractivity contribution in [3.05, 3.63) is 83.4 Å². The van der Waals surface area contributed by atoms with Crippen molar-refractivity contribution >= 4 is 53.2 Å². The third kappa shape index (κ3) is 19.9. The maximum absolute atomic E-state index is 15.0. The molecule has 2 saturated carbocycles. The quantitative estimate of drug-likeness (QED) is 0.0713. The molecule has 8 aliphatic rings. The molecule has 100 heavy (non-hydrogen) atoms. The van der Waals surface area contributed by atoms with Crippen LogP contribution in [0.15, 0.2) is 60.9 Å². The molecule has 30 heteroatoms. The molecule has 12 bridgehead atoms. The first-order chi connectivity index (χ1) is 47.9. The van der Waals surface area contributed by atoms with E-state index in [4.69, 9.17) is 9.47 Å². The molecule has 6 aliphatic heterocycles. The fourth-order valence-electron chi connectivity index (χ4n) is 14.1. The molecule has 11 N–H and O–H groups in total. The Hall–Kier alpha value is -8.61. The van der Waals surface area contributed by atoms with Crippen molar-refractivity contribution in [1.82, 2.24) is 82.3 Å². The number of benzene rings is 2. The van der Waals surface area contributed by atoms with Crippen molar-refractivity contribution in [2.24, 2.45) is 23.7 Å². The number of aliphatic hydroxyl groups is 2. The fourth-order valence-corrected chi connectivity index (χ4v) is 14.1. The predicted molar refractivity (Wildman–Crippen MR) is 364 cm³/mol. The zero-order valence-electron chi connectivity index (χ0n) is 58.6. The fraction of sp³-hybridized carbons (Fsp3) is 0.643. The first-order valence-electron chi connectivity index (χ1n) is 35.5. The third-order valence-corrected chi connectivity index (χ3v) is 20.4. The van der Waals surface area contributed by atoms with Gasteiger partial charge in [0, 0.05) is 32.4 Å². The monoisotopic (exact) mass is 1390 g/mol. The smallest absolute Gasteiger partial charge is 0.326 e. The van der Waals surface area contributed by atoms with Gasteiger partial charge in [-0.25, -0.2) is 14.2 Å². The van der Waals surface area contributed by atoms with E-state index >= 15 is 9.59 Å². The zero-order chi connectivity index (χ0) is 71.9. The normalized spacial score (nSPS) is 24.7. The number of aliphatic carboxylic acids is 1. The molecule has 8 amide bonds. The molecular weight excluding hydrogens is 1290 g/mol. The summed E-state index contributed by atoms with van der Waals surface area (Å²) in [4.78, 5) is 132. The molecular formula is C70H102N16O14. The van der Waals surface area contributed by atoms with E-state index in [9.17, 15) is 48.9 Å². The van der Waals surface area contributed by atoms with Crippen LogP contribution in [0.5, 0.6) is 11.5 Å². The number of hydrogen-bond acceptors (Lipinski definition) is 19. The van der Waals surface area contributed by atoms with Gasteiger partial charge < -0.3 is 77.1 Å². The van der Waals surface area contributed by atoms with Crippen LogP contribution < -0.4 is 52.0 Å². The second kappa shape index (κ2) is 35.1. The topological polar surface area (TPSA) is 397 Å². The van der Waals surface area contributed by atoms with Gasteiger partial charge in [-0.2, -0.15) is 0 Å². The number of rotatable bonds is 16. The summed E-state index contributed by atoms with van der Waals surface area (Å²) < 4.78 is 15.4. The van der Waals surface area contributed by atoms with Gasteiger partial charge >= 0.3 is 5.97 Å². The minimum atomic E-state index is -2.03. The van der Waals surface area contributed by atoms with Crippen molar-refractivity contribution in [2.75, 3.05) is 27.2 Å². The number of ether oxygens (including phenoxy) is 2. The molecule has 30 nitrogen and oxygen atoms in total. The molecule has 2 saturated heterocycles. The summed E-state index contributed by atoms with van der Waals surface area (Å²) in [5, 5.41) is 72.9. The molecule has 12 rings (SSSR count). The van der Waals surface area contributed by atoms with Crippen molar-refractivity contribution in [3.8, 4) is 11.5 Å². The summed E-state index contributed by atoms with van der Waals surface area (Å²) >= 11 is 0. The summed E-state index contributed by atoms with van der Waals surface area (Å²) in [6.45, 7) is 10.3. The first kappa shape index (κ1) is 75.6. The lowest BCUT2D eigenvalue weighted by Gasteiger charge is -2.33. The third-order valence-electron chi connectivity index (χ3n) is 20.4. The largest absolute Gasteiger partial charge is 0.487 e. The number of aromatic nitrogens is 6. The molecule has 12 atom stereocenters. The van der Waals surface area contributed by atoms with Crippen molar-refractivity contribution < 1.29 is 67.9 Å². The van der Waals surface area contributed by atoms with E-state index in [1.165, 1.54) is 9.80 Å². The molecule has 546 valence electrons. The minimum absolute atomic E-state index is 0.0268. The van der Waals surface area contributed by atoms with E-state index in [0.29, 0.717) is 34.0 Å². The Kier molecular flexibility index (Phi) is 26.6. The number of carboxylic acid groups (broad SMARTS) is 1. The Morgan fingerprint density at radius 1 is 0.550 bits per heavy atom. The van der Waals surface area contributed by atoms with Gasteiger partial charge in [0.25, 0.3) is 0 Å². The van der Waals surface area contributed by atoms with E-state index in [1.54, 1.807) is 126 Å². The summed E-state index contributed by atoms with van der Waals surface area (Å²) in [5.41, 5.74) is 1.92. The number of likely N-dealkylation sites (N-methyl/N-ethyl adjacent to an activating group) is 2. The van der Waals surface area contributed by atoms with Crippen LogP contribution in [0.1, 0.15) is 166 Å². The van der Waals surface area contributed by atoms with E-state index in [-0.39, 0.29) is 76.7 Å². The lowest BCUT2D eigenvalue weighted by molar-refractivity contribution is -0.144. The number of carboxylic acids is 1. The molecule has 2 aliphatic carbocycles. The van der Waals surface area contributed by atoms with Crippen LogP contribution in [0.2, 0.25) is 0 Å². The van der Waals surface area contributed by atoms with Gasteiger partial charge in [-0.1, -0.05) is 127 Å². The second-order valence-electron chi connectivity index (χ2n) is 28.5. The lowest BCUT2D eigenvalue weighted by atomic mass is 9.84. The molecule has 0 spiro atoms. The number of likely N-dealkylation sites (tertiary alicyclic amines) is 2. The molecule has 2 aromatic carbocycles. The molecule has 2 aromatic heterocycles. The predicted octanol–water partition coefficient (Wildman–Crippen LogP) is 1.88. The lowest BCUT2D eigenvalue weighted by Crippen LogP contribution is -2.59. The molecule has 0 radical (unpaired) electrons. The number of hydrogen-bond donors (Lipinski definition) is 11. The summed E-state index contributed by atoms with van der Waals surface area (Å²) in [6.07, 6.45) is 10.6. The number of carbonyl (C=O) groups excluding carboxylic acids is 8. The van der Waals surface area contributed by atoms with Crippen LogP contribution in [0, 0.1) is 23.7 Å². The summed E-state index contributed by atoms with van der Waals surface area (Å²) in [6, 6.07) is 1.41. The Balaban J connectivity index is 1.02. The number of nitrogens with one attached hydrogen (secondary N) is 8. The van der Waals surface area contributed by atoms with Gasteiger partial charge in [-0.05, 0) is 106 Å². The Labute approximate surface area is 583 Å². The van der Waals surface area contributed by atoms with Gasteiger partial charge in [-0.15, -0.1) is 10.2 Å². The van der Waals surface area contributed by atoms with Gasteiger partial charge in [0.2, 0.25) is 47.3 Å². The second-order valence-corrected chi connectivity index (χ2v) is 28.5. The van der Waals surface area contributed by atoms with E-state index in [0.717, 1.165) is 64.2 Å². The van der Waals surface area contributed by atoms with Crippen LogP contribution in [-0.2, 0) is 69.2 Å². The number of carbonyl (C=O) groups is 9. The van der Waals surface area contributed by atoms with Crippen LogP contribution in [0.3, 0.4) is 0 Å². The highest BCUT2D eigenvalue weighted by Gasteiger charge is 2.47. The highest BCUT2D eigenvalue weighted by molar-refractivity contribution is 5.97. The minimum Gasteiger partial charge on any atom is -0.487 e. The molecule has 12 unspecified atom stereocenters. The standard InChI is InChI=1S/C70H102N16O14/c1-39(2)59(77-61(87)41(5)71-7)67(93)83-35-49-31-57(83)65(91)73-53(27-43-15-11-9-12-16-43)63(89)75-55(69(95)96)29-45-21-25-52(26-22-45)100-38-48-34-86(82-80-48)50-32-58(84(36-50)68(94)60(40(3)4)78-62(88)42(6)72-8)66(92)74-54(28-44-17-13-10-14-18-44)64(90)76-56(70(97)98)30-46-19-23-51(24-20-46)99-37-47-33-85(49)81-79-47/h19-26,33-34,39-44,49-50,53-60,69,71-72,95-96H,9-18,27-32,35-38H2,1-8H3,(H,73,91)(H,74,92)(H,75,89)(H,76,90)(H,77,87)(H,78,88)(H,97,98). The van der Waals surface area contributed by atoms with Gasteiger partial charge in [0.05, 0.1) is 42.6 Å². The average Bonchev–Trinajstić information content (AvgIpc) is 1.64. The van der Waals surface area contributed by atoms with E-state index in [2.05, 4.69) is 63.2 Å². The van der Waals surface area contributed by atoms with Crippen LogP contribution >= 0.6 is 0 Å². The summed E-state index contributed by atoms with van der Waals surface area (Å²) in [5.74, 6) is -5.75. The number of amides is 8. The van der Waals surface area contributed by atoms with Crippen molar-refractivity contribution in [2.45, 2.75) is 236 Å². The Bertz CT molecular complexity index is 3440. The highest BCUT2D eigenvalue weighted by Crippen LogP contribution is 2.34. The van der Waals surface area contributed by atoms with Gasteiger partial charge in [0.1, 0.15) is 78.4 Å². The SMILES string of the molecule is CNC(C)C(=O)NC(C(=O)N1CC2CC1C(=O)NC(CC1CCCCC1)C(=O)NC(C(=O)O)Cc1ccc(cc1)OCc1cn(nn1)C1CC(C(=O)NC(CC3CCCCC3)C(=O)NC(C(O)O)Cc3ccc(cc3)OCc3cn2nn3)N(C(=O)C(NC(=O)C(C)NC)C(C)C)C1)C(C)C. The van der Waals surface area contributed by atoms with Gasteiger partial charge in [-0.3, -0.25) is 38.4 Å². The van der Waals surface area contributed by atoms with E-state index in [1.807, 2.05) is 0 Å².